The monoisotopic (exact) mass is 309 g/mol. The van der Waals surface area contributed by atoms with Crippen LogP contribution in [0.3, 0.4) is 0 Å². The van der Waals surface area contributed by atoms with Crippen molar-refractivity contribution < 1.29 is 33.0 Å². The maximum Gasteiger partial charge on any atom is 0.204 e. The summed E-state index contributed by atoms with van der Waals surface area (Å²) in [5.41, 5.74) is 1.82. The third kappa shape index (κ3) is 1.49. The number of fused-ring (bicyclic) bond motifs is 2. The fourth-order valence-corrected chi connectivity index (χ4v) is 2.41. The Morgan fingerprint density at radius 1 is 0.773 bits per heavy atom. The SMILES string of the molecule is Nc1ccc(O)c2c1C(=O)c1c(F)c(O)c(F)c(F)c1C2=O. The molecule has 0 heterocycles. The van der Waals surface area contributed by atoms with Crippen LogP contribution >= 0.6 is 0 Å². The van der Waals surface area contributed by atoms with Gasteiger partial charge in [0.2, 0.25) is 11.6 Å². The van der Waals surface area contributed by atoms with E-state index in [0.717, 1.165) is 12.1 Å². The van der Waals surface area contributed by atoms with Gasteiger partial charge in [0.1, 0.15) is 5.75 Å². The second-order valence-electron chi connectivity index (χ2n) is 4.62. The largest absolute Gasteiger partial charge is 0.507 e. The highest BCUT2D eigenvalue weighted by Gasteiger charge is 2.41. The quantitative estimate of drug-likeness (QED) is 0.334. The number of hydrogen-bond acceptors (Lipinski definition) is 5. The lowest BCUT2D eigenvalue weighted by atomic mass is 9.82. The number of carbonyl (C=O) groups is 2. The first kappa shape index (κ1) is 13.9. The third-order valence-corrected chi connectivity index (χ3v) is 3.42. The standard InChI is InChI=1S/C14H6F3NO4/c15-9-7-8(10(16)14(22)11(9)17)12(20)5-3(18)1-2-4(19)6(5)13(7)21/h1-2,19,22H,18H2. The van der Waals surface area contributed by atoms with Crippen molar-refractivity contribution in [3.8, 4) is 11.5 Å². The Labute approximate surface area is 120 Å². The Balaban J connectivity index is 2.50. The second kappa shape index (κ2) is 4.23. The van der Waals surface area contributed by atoms with E-state index in [-0.39, 0.29) is 5.69 Å². The molecule has 4 N–H and O–H groups in total. The average molecular weight is 309 g/mol. The summed E-state index contributed by atoms with van der Waals surface area (Å²) in [5.74, 6) is -10.6. The van der Waals surface area contributed by atoms with Gasteiger partial charge in [-0.25, -0.2) is 8.78 Å². The number of halogens is 3. The van der Waals surface area contributed by atoms with Gasteiger partial charge in [-0.05, 0) is 12.1 Å². The number of ketones is 2. The van der Waals surface area contributed by atoms with Crippen LogP contribution in [0.15, 0.2) is 12.1 Å². The van der Waals surface area contributed by atoms with Crippen molar-refractivity contribution in [2.45, 2.75) is 0 Å². The van der Waals surface area contributed by atoms with Gasteiger partial charge in [0.25, 0.3) is 0 Å². The van der Waals surface area contributed by atoms with Crippen molar-refractivity contribution in [3.63, 3.8) is 0 Å². The Hall–Kier alpha value is -3.03. The lowest BCUT2D eigenvalue weighted by Crippen LogP contribution is -2.26. The van der Waals surface area contributed by atoms with E-state index in [4.69, 9.17) is 5.73 Å². The molecule has 1 aliphatic rings. The molecule has 0 radical (unpaired) electrons. The van der Waals surface area contributed by atoms with Gasteiger partial charge in [0.15, 0.2) is 23.2 Å². The number of phenols is 2. The van der Waals surface area contributed by atoms with E-state index in [1.54, 1.807) is 0 Å². The van der Waals surface area contributed by atoms with Crippen LogP contribution in [-0.2, 0) is 0 Å². The molecule has 0 atom stereocenters. The molecule has 0 aromatic heterocycles. The maximum absolute atomic E-state index is 13.9. The number of aromatic hydroxyl groups is 2. The van der Waals surface area contributed by atoms with E-state index in [0.29, 0.717) is 0 Å². The Kier molecular flexibility index (Phi) is 2.68. The first-order valence-electron chi connectivity index (χ1n) is 5.87. The number of rotatable bonds is 0. The molecule has 0 aliphatic heterocycles. The molecule has 0 spiro atoms. The van der Waals surface area contributed by atoms with Gasteiger partial charge >= 0.3 is 0 Å². The molecule has 0 bridgehead atoms. The fourth-order valence-electron chi connectivity index (χ4n) is 2.41. The van der Waals surface area contributed by atoms with Gasteiger partial charge < -0.3 is 15.9 Å². The molecule has 5 nitrogen and oxygen atoms in total. The first-order chi connectivity index (χ1) is 10.3. The van der Waals surface area contributed by atoms with E-state index in [9.17, 15) is 33.0 Å². The molecular weight excluding hydrogens is 303 g/mol. The van der Waals surface area contributed by atoms with Gasteiger partial charge in [-0.3, -0.25) is 9.59 Å². The summed E-state index contributed by atoms with van der Waals surface area (Å²) in [6, 6.07) is 2.09. The van der Waals surface area contributed by atoms with E-state index < -0.39 is 62.8 Å². The first-order valence-corrected chi connectivity index (χ1v) is 5.87. The number of phenolic OH excluding ortho intramolecular Hbond substituents is 2. The number of carbonyl (C=O) groups excluding carboxylic acids is 2. The molecular formula is C14H6F3NO4. The van der Waals surface area contributed by atoms with Crippen molar-refractivity contribution in [3.05, 3.63) is 51.8 Å². The van der Waals surface area contributed by atoms with E-state index in [1.165, 1.54) is 0 Å². The van der Waals surface area contributed by atoms with E-state index >= 15 is 0 Å². The second-order valence-corrected chi connectivity index (χ2v) is 4.62. The highest BCUT2D eigenvalue weighted by atomic mass is 19.2. The average Bonchev–Trinajstić information content (AvgIpc) is 2.48. The molecule has 0 fully saturated rings. The number of anilines is 1. The molecule has 2 aromatic carbocycles. The van der Waals surface area contributed by atoms with Gasteiger partial charge in [-0.2, -0.15) is 4.39 Å². The minimum atomic E-state index is -2.00. The Morgan fingerprint density at radius 3 is 1.95 bits per heavy atom. The van der Waals surface area contributed by atoms with Crippen molar-refractivity contribution in [2.24, 2.45) is 0 Å². The predicted octanol–water partition coefficient (Wildman–Crippen LogP) is 1.87. The Morgan fingerprint density at radius 2 is 1.32 bits per heavy atom. The van der Waals surface area contributed by atoms with Crippen LogP contribution in [0.25, 0.3) is 0 Å². The molecule has 8 heteroatoms. The number of nitrogens with two attached hydrogens (primary N) is 1. The maximum atomic E-state index is 13.9. The molecule has 22 heavy (non-hydrogen) atoms. The zero-order chi connectivity index (χ0) is 16.3. The van der Waals surface area contributed by atoms with Gasteiger partial charge in [-0.1, -0.05) is 0 Å². The molecule has 3 rings (SSSR count). The molecule has 0 unspecified atom stereocenters. The Bertz CT molecular complexity index is 821. The van der Waals surface area contributed by atoms with E-state index in [2.05, 4.69) is 0 Å². The zero-order valence-electron chi connectivity index (χ0n) is 10.6. The highest BCUT2D eigenvalue weighted by Crippen LogP contribution is 2.40. The summed E-state index contributed by atoms with van der Waals surface area (Å²) in [6.45, 7) is 0. The number of nitrogen functional groups attached to an aromatic ring is 1. The zero-order valence-corrected chi connectivity index (χ0v) is 10.6. The van der Waals surface area contributed by atoms with Crippen molar-refractivity contribution >= 4 is 17.3 Å². The van der Waals surface area contributed by atoms with Crippen LogP contribution in [0.5, 0.6) is 11.5 Å². The number of benzene rings is 2. The van der Waals surface area contributed by atoms with Crippen LogP contribution in [0, 0.1) is 17.5 Å². The molecule has 112 valence electrons. The van der Waals surface area contributed by atoms with Crippen LogP contribution in [0.4, 0.5) is 18.9 Å². The lowest BCUT2D eigenvalue weighted by Gasteiger charge is -2.21. The summed E-state index contributed by atoms with van der Waals surface area (Å²) in [6.07, 6.45) is 0. The molecule has 0 saturated heterocycles. The molecule has 2 aromatic rings. The molecule has 0 amide bonds. The van der Waals surface area contributed by atoms with Crippen molar-refractivity contribution in [2.75, 3.05) is 5.73 Å². The normalized spacial score (nSPS) is 13.0. The van der Waals surface area contributed by atoms with E-state index in [1.807, 2.05) is 0 Å². The lowest BCUT2D eigenvalue weighted by molar-refractivity contribution is 0.0968. The summed E-state index contributed by atoms with van der Waals surface area (Å²) >= 11 is 0. The van der Waals surface area contributed by atoms with Crippen LogP contribution in [-0.4, -0.2) is 21.8 Å². The van der Waals surface area contributed by atoms with Crippen LogP contribution < -0.4 is 5.73 Å². The predicted molar refractivity (Wildman–Crippen MR) is 67.4 cm³/mol. The molecule has 1 aliphatic carbocycles. The van der Waals surface area contributed by atoms with Crippen LogP contribution in [0.2, 0.25) is 0 Å². The topological polar surface area (TPSA) is 101 Å². The molecule has 0 saturated carbocycles. The summed E-state index contributed by atoms with van der Waals surface area (Å²) in [4.78, 5) is 24.5. The third-order valence-electron chi connectivity index (χ3n) is 3.42. The van der Waals surface area contributed by atoms with Gasteiger partial charge in [-0.15, -0.1) is 0 Å². The van der Waals surface area contributed by atoms with Crippen molar-refractivity contribution in [1.29, 1.82) is 0 Å². The highest BCUT2D eigenvalue weighted by molar-refractivity contribution is 6.31. The van der Waals surface area contributed by atoms with Gasteiger partial charge in [0.05, 0.1) is 22.3 Å². The summed E-state index contributed by atoms with van der Waals surface area (Å²) in [5, 5.41) is 18.9. The van der Waals surface area contributed by atoms with Crippen LogP contribution in [0.1, 0.15) is 31.8 Å². The smallest absolute Gasteiger partial charge is 0.204 e. The summed E-state index contributed by atoms with van der Waals surface area (Å²) < 4.78 is 41.2. The minimum Gasteiger partial charge on any atom is -0.507 e. The number of hydrogen-bond donors (Lipinski definition) is 3. The minimum absolute atomic E-state index is 0.250. The summed E-state index contributed by atoms with van der Waals surface area (Å²) in [7, 11) is 0. The fraction of sp³-hybridized carbons (Fsp3) is 0. The van der Waals surface area contributed by atoms with Gasteiger partial charge in [0, 0.05) is 5.69 Å². The van der Waals surface area contributed by atoms with Crippen molar-refractivity contribution in [1.82, 2.24) is 0 Å².